The Balaban J connectivity index is 1.72. The van der Waals surface area contributed by atoms with E-state index in [1.807, 2.05) is 13.1 Å². The number of aliphatic hydroxyl groups excluding tert-OH is 1. The Hall–Kier alpha value is -1.47. The molecule has 0 aliphatic heterocycles. The van der Waals surface area contributed by atoms with Gasteiger partial charge in [0.1, 0.15) is 0 Å². The average Bonchev–Trinajstić information content (AvgIpc) is 2.87. The minimum Gasteiger partial charge on any atom is -0.391 e. The Bertz CT molecular complexity index is 409. The lowest BCUT2D eigenvalue weighted by molar-refractivity contribution is -0.125. The highest BCUT2D eigenvalue weighted by atomic mass is 16.3. The molecule has 1 amide bonds. The number of amides is 1. The van der Waals surface area contributed by atoms with E-state index in [2.05, 4.69) is 15.6 Å². The molecule has 0 saturated heterocycles. The molecule has 7 nitrogen and oxygen atoms in total. The standard InChI is InChI=1S/C11H19N5O2/c1-7-6-16(15-14-7)3-2-13-11(18)8-4-9(12)10(17)5-8/h6,8-10,17H,2-5,12H2,1H3,(H,13,18)/t8-,9-,10-/m0/s1. The largest absolute Gasteiger partial charge is 0.391 e. The van der Waals surface area contributed by atoms with Gasteiger partial charge in [-0.05, 0) is 19.8 Å². The van der Waals surface area contributed by atoms with E-state index in [-0.39, 0.29) is 17.9 Å². The van der Waals surface area contributed by atoms with Gasteiger partial charge in [0.05, 0.1) is 18.3 Å². The van der Waals surface area contributed by atoms with Crippen molar-refractivity contribution in [3.05, 3.63) is 11.9 Å². The van der Waals surface area contributed by atoms with E-state index < -0.39 is 6.10 Å². The Labute approximate surface area is 105 Å². The minimum atomic E-state index is -0.557. The van der Waals surface area contributed by atoms with Gasteiger partial charge in [-0.3, -0.25) is 9.48 Å². The summed E-state index contributed by atoms with van der Waals surface area (Å²) in [7, 11) is 0. The second-order valence-electron chi connectivity index (χ2n) is 4.81. The van der Waals surface area contributed by atoms with Crippen LogP contribution < -0.4 is 11.1 Å². The molecule has 1 aliphatic carbocycles. The monoisotopic (exact) mass is 253 g/mol. The predicted molar refractivity (Wildman–Crippen MR) is 64.5 cm³/mol. The lowest BCUT2D eigenvalue weighted by atomic mass is 10.1. The first-order valence-corrected chi connectivity index (χ1v) is 6.14. The predicted octanol–water partition coefficient (Wildman–Crippen LogP) is -1.20. The minimum absolute atomic E-state index is 0.0427. The van der Waals surface area contributed by atoms with Gasteiger partial charge in [0.25, 0.3) is 0 Å². The summed E-state index contributed by atoms with van der Waals surface area (Å²) in [4.78, 5) is 11.8. The Morgan fingerprint density at radius 2 is 2.44 bits per heavy atom. The summed E-state index contributed by atoms with van der Waals surface area (Å²) >= 11 is 0. The fraction of sp³-hybridized carbons (Fsp3) is 0.727. The molecule has 1 aromatic rings. The number of aliphatic hydroxyl groups is 1. The van der Waals surface area contributed by atoms with Crippen LogP contribution in [0.15, 0.2) is 6.20 Å². The number of hydrogen-bond acceptors (Lipinski definition) is 5. The molecule has 4 N–H and O–H groups in total. The molecule has 0 aromatic carbocycles. The molecule has 3 atom stereocenters. The molecule has 2 rings (SSSR count). The normalized spacial score (nSPS) is 27.4. The lowest BCUT2D eigenvalue weighted by Gasteiger charge is -2.10. The highest BCUT2D eigenvalue weighted by Crippen LogP contribution is 2.24. The molecule has 0 spiro atoms. The summed E-state index contributed by atoms with van der Waals surface area (Å²) in [5, 5.41) is 20.1. The molecule has 0 bridgehead atoms. The SMILES string of the molecule is Cc1cn(CCNC(=O)[C@H]2C[C@H](N)[C@@H](O)C2)nn1. The average molecular weight is 253 g/mol. The maximum Gasteiger partial charge on any atom is 0.223 e. The molecular weight excluding hydrogens is 234 g/mol. The first-order chi connectivity index (χ1) is 8.56. The number of rotatable bonds is 4. The third kappa shape index (κ3) is 3.05. The third-order valence-corrected chi connectivity index (χ3v) is 3.24. The van der Waals surface area contributed by atoms with Gasteiger partial charge in [-0.2, -0.15) is 0 Å². The van der Waals surface area contributed by atoms with E-state index in [1.54, 1.807) is 4.68 Å². The molecular formula is C11H19N5O2. The van der Waals surface area contributed by atoms with Crippen molar-refractivity contribution >= 4 is 5.91 Å². The fourth-order valence-corrected chi connectivity index (χ4v) is 2.20. The number of aromatic nitrogens is 3. The first-order valence-electron chi connectivity index (χ1n) is 6.14. The van der Waals surface area contributed by atoms with Crippen LogP contribution in [-0.4, -0.2) is 44.7 Å². The first kappa shape index (κ1) is 13.0. The van der Waals surface area contributed by atoms with Gasteiger partial charge in [0, 0.05) is 24.7 Å². The van der Waals surface area contributed by atoms with Crippen LogP contribution in [0.2, 0.25) is 0 Å². The second-order valence-corrected chi connectivity index (χ2v) is 4.81. The van der Waals surface area contributed by atoms with Crippen molar-refractivity contribution in [3.63, 3.8) is 0 Å². The van der Waals surface area contributed by atoms with Crippen LogP contribution in [-0.2, 0) is 11.3 Å². The Kier molecular flexibility index (Phi) is 3.93. The number of nitrogens with zero attached hydrogens (tertiary/aromatic N) is 3. The van der Waals surface area contributed by atoms with Crippen molar-refractivity contribution in [1.82, 2.24) is 20.3 Å². The molecule has 18 heavy (non-hydrogen) atoms. The van der Waals surface area contributed by atoms with Gasteiger partial charge in [0.15, 0.2) is 0 Å². The molecule has 1 aliphatic rings. The molecule has 1 fully saturated rings. The number of aryl methyl sites for hydroxylation is 1. The molecule has 0 unspecified atom stereocenters. The van der Waals surface area contributed by atoms with Crippen LogP contribution in [0.4, 0.5) is 0 Å². The van der Waals surface area contributed by atoms with Crippen molar-refractivity contribution in [1.29, 1.82) is 0 Å². The molecule has 1 heterocycles. The van der Waals surface area contributed by atoms with E-state index in [1.165, 1.54) is 0 Å². The molecule has 100 valence electrons. The summed E-state index contributed by atoms with van der Waals surface area (Å²) in [6, 6.07) is -0.279. The Morgan fingerprint density at radius 1 is 1.67 bits per heavy atom. The number of carbonyl (C=O) groups excluding carboxylic acids is 1. The molecule has 7 heteroatoms. The number of carbonyl (C=O) groups is 1. The molecule has 0 radical (unpaired) electrons. The number of hydrogen-bond donors (Lipinski definition) is 3. The zero-order chi connectivity index (χ0) is 13.1. The van der Waals surface area contributed by atoms with Crippen molar-refractivity contribution < 1.29 is 9.90 Å². The van der Waals surface area contributed by atoms with Gasteiger partial charge in [-0.1, -0.05) is 5.21 Å². The van der Waals surface area contributed by atoms with E-state index in [9.17, 15) is 9.90 Å². The zero-order valence-corrected chi connectivity index (χ0v) is 10.4. The highest BCUT2D eigenvalue weighted by molar-refractivity contribution is 5.79. The smallest absolute Gasteiger partial charge is 0.223 e. The summed E-state index contributed by atoms with van der Waals surface area (Å²) in [6.45, 7) is 2.96. The quantitative estimate of drug-likeness (QED) is 0.625. The van der Waals surface area contributed by atoms with Crippen molar-refractivity contribution in [3.8, 4) is 0 Å². The molecule has 1 aromatic heterocycles. The second kappa shape index (κ2) is 5.45. The van der Waals surface area contributed by atoms with Gasteiger partial charge >= 0.3 is 0 Å². The van der Waals surface area contributed by atoms with Crippen LogP contribution in [0.5, 0.6) is 0 Å². The highest BCUT2D eigenvalue weighted by Gasteiger charge is 2.34. The number of nitrogens with two attached hydrogens (primary N) is 1. The number of nitrogens with one attached hydrogen (secondary N) is 1. The maximum atomic E-state index is 11.8. The van der Waals surface area contributed by atoms with E-state index in [0.717, 1.165) is 5.69 Å². The van der Waals surface area contributed by atoms with Crippen LogP contribution >= 0.6 is 0 Å². The Morgan fingerprint density at radius 3 is 3.00 bits per heavy atom. The summed E-state index contributed by atoms with van der Waals surface area (Å²) < 4.78 is 1.69. The summed E-state index contributed by atoms with van der Waals surface area (Å²) in [6.07, 6.45) is 2.27. The van der Waals surface area contributed by atoms with Crippen molar-refractivity contribution in [2.45, 2.75) is 38.5 Å². The van der Waals surface area contributed by atoms with E-state index >= 15 is 0 Å². The van der Waals surface area contributed by atoms with E-state index in [0.29, 0.717) is 25.9 Å². The van der Waals surface area contributed by atoms with Crippen LogP contribution in [0, 0.1) is 12.8 Å². The topological polar surface area (TPSA) is 106 Å². The molecule has 1 saturated carbocycles. The summed E-state index contributed by atoms with van der Waals surface area (Å²) in [5.74, 6) is -0.216. The summed E-state index contributed by atoms with van der Waals surface area (Å²) in [5.41, 5.74) is 6.53. The van der Waals surface area contributed by atoms with Crippen molar-refractivity contribution in [2.75, 3.05) is 6.54 Å². The van der Waals surface area contributed by atoms with Crippen LogP contribution in [0.3, 0.4) is 0 Å². The van der Waals surface area contributed by atoms with Crippen LogP contribution in [0.1, 0.15) is 18.5 Å². The zero-order valence-electron chi connectivity index (χ0n) is 10.4. The van der Waals surface area contributed by atoms with Gasteiger partial charge < -0.3 is 16.2 Å². The van der Waals surface area contributed by atoms with Gasteiger partial charge in [-0.15, -0.1) is 5.10 Å². The maximum absolute atomic E-state index is 11.8. The van der Waals surface area contributed by atoms with Gasteiger partial charge in [0.2, 0.25) is 5.91 Å². The van der Waals surface area contributed by atoms with Crippen molar-refractivity contribution in [2.24, 2.45) is 11.7 Å². The van der Waals surface area contributed by atoms with E-state index in [4.69, 9.17) is 5.73 Å². The van der Waals surface area contributed by atoms with Crippen LogP contribution in [0.25, 0.3) is 0 Å². The lowest BCUT2D eigenvalue weighted by Crippen LogP contribution is -2.32. The fourth-order valence-electron chi connectivity index (χ4n) is 2.20. The van der Waals surface area contributed by atoms with Gasteiger partial charge in [-0.25, -0.2) is 0 Å². The third-order valence-electron chi connectivity index (χ3n) is 3.24.